The van der Waals surface area contributed by atoms with Gasteiger partial charge in [-0.25, -0.2) is 9.78 Å². The van der Waals surface area contributed by atoms with E-state index in [1.165, 1.54) is 12.8 Å². The molecule has 94 valence electrons. The number of carboxylic acids is 1. The number of aromatic nitrogens is 2. The van der Waals surface area contributed by atoms with Gasteiger partial charge in [0.15, 0.2) is 5.69 Å². The van der Waals surface area contributed by atoms with Gasteiger partial charge in [0, 0.05) is 16.6 Å². The maximum absolute atomic E-state index is 11.3. The van der Waals surface area contributed by atoms with E-state index < -0.39 is 5.97 Å². The Morgan fingerprint density at radius 3 is 2.83 bits per heavy atom. The Bertz CT molecular complexity index is 615. The normalized spacial score (nSPS) is 16.5. The van der Waals surface area contributed by atoms with Crippen LogP contribution in [0, 0.1) is 0 Å². The van der Waals surface area contributed by atoms with E-state index in [1.54, 1.807) is 0 Å². The van der Waals surface area contributed by atoms with Gasteiger partial charge in [-0.15, -0.1) is 0 Å². The largest absolute Gasteiger partial charge is 0.476 e. The zero-order valence-electron chi connectivity index (χ0n) is 9.77. The number of pyridine rings is 1. The summed E-state index contributed by atoms with van der Waals surface area (Å²) in [5, 5.41) is 9.27. The molecule has 4 nitrogen and oxygen atoms in total. The molecule has 0 unspecified atom stereocenters. The van der Waals surface area contributed by atoms with E-state index in [2.05, 4.69) is 20.9 Å². The predicted molar refractivity (Wildman–Crippen MR) is 71.1 cm³/mol. The highest BCUT2D eigenvalue weighted by Gasteiger charge is 2.26. The van der Waals surface area contributed by atoms with Crippen LogP contribution in [0.1, 0.15) is 47.9 Å². The van der Waals surface area contributed by atoms with Crippen LogP contribution in [0.4, 0.5) is 0 Å². The number of hydrogen-bond donors (Lipinski definition) is 1. The molecule has 0 spiro atoms. The second kappa shape index (κ2) is 4.39. The molecule has 0 atom stereocenters. The molecule has 18 heavy (non-hydrogen) atoms. The van der Waals surface area contributed by atoms with Crippen molar-refractivity contribution in [1.82, 2.24) is 9.38 Å². The summed E-state index contributed by atoms with van der Waals surface area (Å²) in [5.74, 6) is 0.310. The molecular formula is C13H13BrN2O2. The number of rotatable bonds is 2. The molecular weight excluding hydrogens is 296 g/mol. The lowest BCUT2D eigenvalue weighted by Crippen LogP contribution is -2.00. The summed E-state index contributed by atoms with van der Waals surface area (Å²) < 4.78 is 2.70. The number of hydrogen-bond acceptors (Lipinski definition) is 2. The molecule has 3 rings (SSSR count). The molecule has 0 radical (unpaired) electrons. The maximum atomic E-state index is 11.3. The van der Waals surface area contributed by atoms with Crippen LogP contribution in [0.2, 0.25) is 0 Å². The van der Waals surface area contributed by atoms with Crippen molar-refractivity contribution in [2.75, 3.05) is 0 Å². The summed E-state index contributed by atoms with van der Waals surface area (Å²) in [6.45, 7) is 0. The van der Waals surface area contributed by atoms with Gasteiger partial charge >= 0.3 is 5.97 Å². The third-order valence-corrected chi connectivity index (χ3v) is 4.21. The first-order valence-electron chi connectivity index (χ1n) is 6.08. The van der Waals surface area contributed by atoms with Gasteiger partial charge in [0.05, 0.1) is 5.52 Å². The monoisotopic (exact) mass is 308 g/mol. The highest BCUT2D eigenvalue weighted by molar-refractivity contribution is 9.10. The van der Waals surface area contributed by atoms with Crippen molar-refractivity contribution >= 4 is 27.4 Å². The SMILES string of the molecule is O=C(O)c1nc(C2CCCC2)n2cccc(Br)c12. The average molecular weight is 309 g/mol. The Balaban J connectivity index is 2.26. The summed E-state index contributed by atoms with van der Waals surface area (Å²) in [6, 6.07) is 3.75. The first-order valence-corrected chi connectivity index (χ1v) is 6.87. The van der Waals surface area contributed by atoms with Gasteiger partial charge in [-0.1, -0.05) is 12.8 Å². The lowest BCUT2D eigenvalue weighted by Gasteiger charge is -2.07. The quantitative estimate of drug-likeness (QED) is 0.924. The number of imidazole rings is 1. The Labute approximate surface area is 113 Å². The number of halogens is 1. The van der Waals surface area contributed by atoms with Crippen molar-refractivity contribution in [2.45, 2.75) is 31.6 Å². The van der Waals surface area contributed by atoms with Crippen LogP contribution in [0.15, 0.2) is 22.8 Å². The van der Waals surface area contributed by atoms with Gasteiger partial charge in [-0.05, 0) is 40.9 Å². The van der Waals surface area contributed by atoms with E-state index in [-0.39, 0.29) is 5.69 Å². The Hall–Kier alpha value is -1.36. The topological polar surface area (TPSA) is 54.6 Å². The fourth-order valence-electron chi connectivity index (χ4n) is 2.74. The lowest BCUT2D eigenvalue weighted by atomic mass is 10.1. The minimum Gasteiger partial charge on any atom is -0.476 e. The molecule has 0 aromatic carbocycles. The van der Waals surface area contributed by atoms with Gasteiger partial charge in [0.1, 0.15) is 5.82 Å². The predicted octanol–water partition coefficient (Wildman–Crippen LogP) is 3.45. The fourth-order valence-corrected chi connectivity index (χ4v) is 3.27. The number of fused-ring (bicyclic) bond motifs is 1. The Kier molecular flexibility index (Phi) is 2.86. The summed E-state index contributed by atoms with van der Waals surface area (Å²) in [7, 11) is 0. The van der Waals surface area contributed by atoms with E-state index in [4.69, 9.17) is 0 Å². The highest BCUT2D eigenvalue weighted by Crippen LogP contribution is 2.35. The van der Waals surface area contributed by atoms with E-state index in [0.29, 0.717) is 11.4 Å². The smallest absolute Gasteiger partial charge is 0.356 e. The maximum Gasteiger partial charge on any atom is 0.356 e. The van der Waals surface area contributed by atoms with Crippen LogP contribution in [-0.4, -0.2) is 20.5 Å². The van der Waals surface area contributed by atoms with Gasteiger partial charge in [0.2, 0.25) is 0 Å². The summed E-state index contributed by atoms with van der Waals surface area (Å²) >= 11 is 3.41. The summed E-state index contributed by atoms with van der Waals surface area (Å²) in [4.78, 5) is 15.7. The highest BCUT2D eigenvalue weighted by atomic mass is 79.9. The van der Waals surface area contributed by atoms with Gasteiger partial charge in [-0.3, -0.25) is 0 Å². The van der Waals surface area contributed by atoms with Gasteiger partial charge < -0.3 is 9.51 Å². The summed E-state index contributed by atoms with van der Waals surface area (Å²) in [6.07, 6.45) is 6.51. The van der Waals surface area contributed by atoms with Crippen LogP contribution in [0.5, 0.6) is 0 Å². The molecule has 1 aliphatic rings. The zero-order valence-corrected chi connectivity index (χ0v) is 11.4. The zero-order chi connectivity index (χ0) is 12.7. The molecule has 5 heteroatoms. The number of carboxylic acid groups (broad SMARTS) is 1. The Morgan fingerprint density at radius 2 is 2.17 bits per heavy atom. The first-order chi connectivity index (χ1) is 8.68. The number of carbonyl (C=O) groups is 1. The van der Waals surface area contributed by atoms with E-state index in [9.17, 15) is 9.90 Å². The minimum atomic E-state index is -0.969. The molecule has 2 aromatic rings. The third kappa shape index (κ3) is 1.73. The Morgan fingerprint density at radius 1 is 1.44 bits per heavy atom. The van der Waals surface area contributed by atoms with Crippen molar-refractivity contribution in [3.8, 4) is 0 Å². The molecule has 1 aliphatic carbocycles. The number of nitrogens with zero attached hydrogens (tertiary/aromatic N) is 2. The van der Waals surface area contributed by atoms with Crippen LogP contribution in [0.3, 0.4) is 0 Å². The van der Waals surface area contributed by atoms with Crippen LogP contribution < -0.4 is 0 Å². The molecule has 1 fully saturated rings. The average Bonchev–Trinajstić information content (AvgIpc) is 2.95. The van der Waals surface area contributed by atoms with Crippen LogP contribution in [-0.2, 0) is 0 Å². The van der Waals surface area contributed by atoms with Crippen molar-refractivity contribution in [3.63, 3.8) is 0 Å². The molecule has 0 aliphatic heterocycles. The first kappa shape index (κ1) is 11.7. The molecule has 1 N–H and O–H groups in total. The summed E-state index contributed by atoms with van der Waals surface area (Å²) in [5.41, 5.74) is 0.802. The van der Waals surface area contributed by atoms with E-state index in [1.807, 2.05) is 22.7 Å². The van der Waals surface area contributed by atoms with Crippen molar-refractivity contribution in [3.05, 3.63) is 34.3 Å². The van der Waals surface area contributed by atoms with Crippen molar-refractivity contribution in [1.29, 1.82) is 0 Å². The van der Waals surface area contributed by atoms with E-state index in [0.717, 1.165) is 23.1 Å². The molecule has 2 aromatic heterocycles. The second-order valence-corrected chi connectivity index (χ2v) is 5.53. The lowest BCUT2D eigenvalue weighted by molar-refractivity contribution is 0.0693. The van der Waals surface area contributed by atoms with Gasteiger partial charge in [-0.2, -0.15) is 0 Å². The molecule has 0 bridgehead atoms. The number of aromatic carboxylic acids is 1. The second-order valence-electron chi connectivity index (χ2n) is 4.68. The van der Waals surface area contributed by atoms with Crippen molar-refractivity contribution in [2.24, 2.45) is 0 Å². The van der Waals surface area contributed by atoms with Gasteiger partial charge in [0.25, 0.3) is 0 Å². The van der Waals surface area contributed by atoms with Crippen molar-refractivity contribution < 1.29 is 9.90 Å². The molecule has 0 amide bonds. The third-order valence-electron chi connectivity index (χ3n) is 3.57. The van der Waals surface area contributed by atoms with Crippen LogP contribution >= 0.6 is 15.9 Å². The molecule has 2 heterocycles. The van der Waals surface area contributed by atoms with Crippen LogP contribution in [0.25, 0.3) is 5.52 Å². The minimum absolute atomic E-state index is 0.143. The molecule has 1 saturated carbocycles. The standard InChI is InChI=1S/C13H13BrN2O2/c14-9-6-3-7-16-11(9)10(13(17)18)15-12(16)8-4-1-2-5-8/h3,6-8H,1-2,4-5H2,(H,17,18). The fraction of sp³-hybridized carbons (Fsp3) is 0.385. The van der Waals surface area contributed by atoms with E-state index >= 15 is 0 Å². The molecule has 0 saturated heterocycles.